The van der Waals surface area contributed by atoms with Crippen LogP contribution in [0, 0.1) is 0 Å². The minimum atomic E-state index is -4.78. The molecule has 0 radical (unpaired) electrons. The first-order valence-electron chi connectivity index (χ1n) is 4.84. The molecule has 0 saturated carbocycles. The third kappa shape index (κ3) is 3.50. The molecule has 2 aromatic carbocycles. The number of anilines is 1. The standard InChI is InChI=1S/C10H9NO6S2.Na/c11-9-4-6-1-2-8(18(12,13)14)3-7(6)5-10(9)19(15,16)17;/h1-5H,11H2,(H,12,13,14)(H,15,16,17);/q;+1/p-1. The number of nitrogen functional groups attached to an aromatic ring is 1. The zero-order chi connectivity index (χ0) is 14.4. The van der Waals surface area contributed by atoms with Gasteiger partial charge in [0, 0.05) is 5.69 Å². The van der Waals surface area contributed by atoms with Crippen LogP contribution in [0.5, 0.6) is 0 Å². The van der Waals surface area contributed by atoms with Crippen molar-refractivity contribution < 1.29 is 56.9 Å². The minimum Gasteiger partial charge on any atom is -0.744 e. The molecule has 10 heteroatoms. The Bertz CT molecular complexity index is 882. The number of nitrogens with two attached hydrogens (primary N) is 1. The second kappa shape index (κ2) is 5.60. The molecule has 0 amide bonds. The Balaban J connectivity index is 0.00000200. The Hall–Kier alpha value is -0.680. The molecule has 0 aromatic heterocycles. The molecule has 0 aliphatic rings. The Morgan fingerprint density at radius 1 is 0.900 bits per heavy atom. The summed E-state index contributed by atoms with van der Waals surface area (Å²) in [6.45, 7) is 0. The van der Waals surface area contributed by atoms with E-state index in [0.717, 1.165) is 18.2 Å². The quantitative estimate of drug-likeness (QED) is 0.361. The van der Waals surface area contributed by atoms with Crippen LogP contribution in [-0.4, -0.2) is 25.9 Å². The van der Waals surface area contributed by atoms with E-state index in [1.54, 1.807) is 0 Å². The molecular weight excluding hydrogens is 317 g/mol. The van der Waals surface area contributed by atoms with Crippen molar-refractivity contribution in [3.05, 3.63) is 30.3 Å². The summed E-state index contributed by atoms with van der Waals surface area (Å²) in [6, 6.07) is 5.54. The molecule has 0 aliphatic heterocycles. The Morgan fingerprint density at radius 3 is 2.00 bits per heavy atom. The second-order valence-electron chi connectivity index (χ2n) is 3.81. The zero-order valence-electron chi connectivity index (χ0n) is 11.2. The maximum atomic E-state index is 11.0. The van der Waals surface area contributed by atoms with E-state index in [1.165, 1.54) is 12.1 Å². The van der Waals surface area contributed by atoms with E-state index in [1.807, 2.05) is 0 Å². The van der Waals surface area contributed by atoms with Gasteiger partial charge in [0.1, 0.15) is 20.2 Å². The van der Waals surface area contributed by atoms with Crippen LogP contribution in [0.25, 0.3) is 10.8 Å². The summed E-state index contributed by atoms with van der Waals surface area (Å²) in [6.07, 6.45) is 0. The summed E-state index contributed by atoms with van der Waals surface area (Å²) in [5.41, 5.74) is 5.20. The van der Waals surface area contributed by atoms with Gasteiger partial charge in [0.25, 0.3) is 0 Å². The molecular formula is C10H8NNaO6S2. The third-order valence-electron chi connectivity index (χ3n) is 2.50. The molecule has 2 aromatic rings. The van der Waals surface area contributed by atoms with E-state index >= 15 is 0 Å². The molecule has 0 atom stereocenters. The first-order valence-corrected chi connectivity index (χ1v) is 7.66. The Labute approximate surface area is 139 Å². The van der Waals surface area contributed by atoms with Crippen molar-refractivity contribution in [3.8, 4) is 0 Å². The fourth-order valence-electron chi connectivity index (χ4n) is 1.64. The molecule has 2 N–H and O–H groups in total. The van der Waals surface area contributed by atoms with Gasteiger partial charge in [-0.25, -0.2) is 16.8 Å². The number of hydrogen-bond donors (Lipinski definition) is 1. The van der Waals surface area contributed by atoms with Crippen LogP contribution in [0.15, 0.2) is 40.1 Å². The van der Waals surface area contributed by atoms with E-state index < -0.39 is 30.0 Å². The summed E-state index contributed by atoms with van der Waals surface area (Å²) in [4.78, 5) is -1.17. The molecule has 0 unspecified atom stereocenters. The van der Waals surface area contributed by atoms with E-state index in [9.17, 15) is 25.9 Å². The van der Waals surface area contributed by atoms with E-state index in [4.69, 9.17) is 5.73 Å². The maximum absolute atomic E-state index is 11.0. The van der Waals surface area contributed by atoms with E-state index in [-0.39, 0.29) is 42.1 Å². The van der Waals surface area contributed by atoms with Gasteiger partial charge < -0.3 is 14.8 Å². The molecule has 0 heterocycles. The van der Waals surface area contributed by atoms with Gasteiger partial charge in [0.2, 0.25) is 0 Å². The van der Waals surface area contributed by atoms with Gasteiger partial charge in [0.05, 0.1) is 9.79 Å². The summed E-state index contributed by atoms with van der Waals surface area (Å²) < 4.78 is 65.5. The van der Waals surface area contributed by atoms with Crippen molar-refractivity contribution in [3.63, 3.8) is 0 Å². The van der Waals surface area contributed by atoms with Gasteiger partial charge in [-0.05, 0) is 35.0 Å². The second-order valence-corrected chi connectivity index (χ2v) is 6.53. The Morgan fingerprint density at radius 2 is 1.50 bits per heavy atom. The van der Waals surface area contributed by atoms with Crippen molar-refractivity contribution in [2.75, 3.05) is 5.73 Å². The summed E-state index contributed by atoms with van der Waals surface area (Å²) in [5.74, 6) is 0. The largest absolute Gasteiger partial charge is 1.00 e. The number of fused-ring (bicyclic) bond motifs is 1. The molecule has 102 valence electrons. The fourth-order valence-corrected chi connectivity index (χ4v) is 2.77. The van der Waals surface area contributed by atoms with Crippen LogP contribution in [0.2, 0.25) is 0 Å². The fraction of sp³-hybridized carbons (Fsp3) is 0. The van der Waals surface area contributed by atoms with Crippen LogP contribution in [0.4, 0.5) is 5.69 Å². The summed E-state index contributed by atoms with van der Waals surface area (Å²) in [5, 5.41) is 0.540. The molecule has 20 heavy (non-hydrogen) atoms. The van der Waals surface area contributed by atoms with Crippen molar-refractivity contribution in [2.45, 2.75) is 9.79 Å². The van der Waals surface area contributed by atoms with E-state index in [0.29, 0.717) is 5.39 Å². The van der Waals surface area contributed by atoms with Crippen LogP contribution >= 0.6 is 0 Å². The van der Waals surface area contributed by atoms with Gasteiger partial charge in [-0.2, -0.15) is 0 Å². The molecule has 0 aliphatic carbocycles. The van der Waals surface area contributed by atoms with Crippen molar-refractivity contribution in [1.29, 1.82) is 0 Å². The first-order chi connectivity index (χ1) is 8.59. The van der Waals surface area contributed by atoms with Crippen molar-refractivity contribution in [1.82, 2.24) is 0 Å². The molecule has 7 nitrogen and oxygen atoms in total. The molecule has 0 bridgehead atoms. The van der Waals surface area contributed by atoms with Gasteiger partial charge in [-0.15, -0.1) is 0 Å². The van der Waals surface area contributed by atoms with Crippen LogP contribution < -0.4 is 35.3 Å². The number of rotatable bonds is 2. The average Bonchev–Trinajstić information content (AvgIpc) is 2.24. The summed E-state index contributed by atoms with van der Waals surface area (Å²) >= 11 is 0. The van der Waals surface area contributed by atoms with Crippen molar-refractivity contribution >= 4 is 36.7 Å². The topological polar surface area (TPSA) is 140 Å². The molecule has 2 rings (SSSR count). The maximum Gasteiger partial charge on any atom is 1.00 e. The number of hydrogen-bond acceptors (Lipinski definition) is 7. The van der Waals surface area contributed by atoms with Gasteiger partial charge in [-0.1, -0.05) is 6.07 Å². The predicted octanol–water partition coefficient (Wildman–Crippen LogP) is -2.65. The minimum absolute atomic E-state index is 0. The van der Waals surface area contributed by atoms with Gasteiger partial charge in [0.15, 0.2) is 0 Å². The smallest absolute Gasteiger partial charge is 0.744 e. The van der Waals surface area contributed by atoms with E-state index in [2.05, 4.69) is 0 Å². The predicted molar refractivity (Wildman–Crippen MR) is 65.4 cm³/mol. The van der Waals surface area contributed by atoms with Gasteiger partial charge >= 0.3 is 31.0 Å². The molecule has 0 fully saturated rings. The molecule has 0 saturated heterocycles. The first kappa shape index (κ1) is 17.4. The van der Waals surface area contributed by atoms with Crippen LogP contribution in [-0.2, 0) is 20.2 Å². The summed E-state index contributed by atoms with van der Waals surface area (Å²) in [7, 11) is -9.44. The normalized spacial score (nSPS) is 12.1. The number of benzene rings is 2. The SMILES string of the molecule is Nc1cc2ccc(S(=O)(=O)[O-])cc2cc1S(=O)(=O)[O-].[H+].[Na+]. The monoisotopic (exact) mass is 325 g/mol. The van der Waals surface area contributed by atoms with Crippen molar-refractivity contribution in [2.24, 2.45) is 0 Å². The zero-order valence-corrected chi connectivity index (χ0v) is 13.9. The average molecular weight is 325 g/mol. The van der Waals surface area contributed by atoms with Crippen LogP contribution in [0.3, 0.4) is 0 Å². The van der Waals surface area contributed by atoms with Gasteiger partial charge in [-0.3, -0.25) is 0 Å². The Kier molecular flexibility index (Phi) is 4.87. The molecule has 0 spiro atoms. The van der Waals surface area contributed by atoms with Crippen LogP contribution in [0.1, 0.15) is 1.43 Å². The third-order valence-corrected chi connectivity index (χ3v) is 4.22.